The first-order chi connectivity index (χ1) is 16.5. The number of carboxylic acid groups (broad SMARTS) is 1. The molecule has 0 saturated carbocycles. The zero-order valence-corrected chi connectivity index (χ0v) is 20.4. The molecule has 2 atom stereocenters. The van der Waals surface area contributed by atoms with Crippen LogP contribution in [0.15, 0.2) is 59.5 Å². The third-order valence-electron chi connectivity index (χ3n) is 5.81. The Kier molecular flexibility index (Phi) is 6.75. The Hall–Kier alpha value is -3.17. The number of ether oxygens (including phenoxy) is 1. The first kappa shape index (κ1) is 24.9. The van der Waals surface area contributed by atoms with Crippen molar-refractivity contribution in [3.8, 4) is 16.9 Å². The van der Waals surface area contributed by atoms with E-state index in [9.17, 15) is 27.1 Å². The Labute approximate surface area is 206 Å². The monoisotopic (exact) mass is 521 g/mol. The maximum Gasteiger partial charge on any atom is 0.306 e. The number of fused-ring (bicyclic) bond motifs is 1. The van der Waals surface area contributed by atoms with Gasteiger partial charge in [-0.25, -0.2) is 17.2 Å². The number of hydrogen-bond acceptors (Lipinski definition) is 4. The number of anilines is 1. The molecule has 1 aliphatic rings. The summed E-state index contributed by atoms with van der Waals surface area (Å²) in [5, 5.41) is 9.01. The molecular formula is C25H22ClF2NO5S. The minimum Gasteiger partial charge on any atom is -0.486 e. The SMILES string of the molecule is Cc1cccc(S(=O)(=O)N2C[C@H](C[C@H](C)C(=O)O)Oc3ccc(-c4cc(F)cc(F)c4Cl)cc32)c1. The molecule has 0 bridgehead atoms. The molecule has 35 heavy (non-hydrogen) atoms. The lowest BCUT2D eigenvalue weighted by Gasteiger charge is -2.36. The Morgan fingerprint density at radius 2 is 1.94 bits per heavy atom. The molecule has 1 N–H and O–H groups in total. The molecule has 0 saturated heterocycles. The second-order valence-electron chi connectivity index (χ2n) is 8.50. The number of carbonyl (C=O) groups is 1. The molecule has 184 valence electrons. The normalized spacial score (nSPS) is 16.4. The van der Waals surface area contributed by atoms with E-state index in [1.165, 1.54) is 37.3 Å². The van der Waals surface area contributed by atoms with Crippen LogP contribution in [-0.4, -0.2) is 32.1 Å². The van der Waals surface area contributed by atoms with Crippen LogP contribution in [0.4, 0.5) is 14.5 Å². The van der Waals surface area contributed by atoms with E-state index in [0.29, 0.717) is 6.07 Å². The smallest absolute Gasteiger partial charge is 0.306 e. The molecule has 10 heteroatoms. The number of rotatable bonds is 6. The van der Waals surface area contributed by atoms with E-state index in [1.54, 1.807) is 19.1 Å². The zero-order valence-electron chi connectivity index (χ0n) is 18.8. The van der Waals surface area contributed by atoms with Crippen LogP contribution in [-0.2, 0) is 14.8 Å². The van der Waals surface area contributed by atoms with E-state index >= 15 is 0 Å². The largest absolute Gasteiger partial charge is 0.486 e. The molecular weight excluding hydrogens is 500 g/mol. The van der Waals surface area contributed by atoms with Crippen LogP contribution in [0.3, 0.4) is 0 Å². The number of carboxylic acids is 1. The van der Waals surface area contributed by atoms with E-state index in [0.717, 1.165) is 15.9 Å². The molecule has 0 aliphatic carbocycles. The zero-order chi connectivity index (χ0) is 25.5. The molecule has 6 nitrogen and oxygen atoms in total. The molecule has 0 amide bonds. The summed E-state index contributed by atoms with van der Waals surface area (Å²) < 4.78 is 62.5. The van der Waals surface area contributed by atoms with Gasteiger partial charge < -0.3 is 9.84 Å². The summed E-state index contributed by atoms with van der Waals surface area (Å²) in [6.07, 6.45) is -0.647. The molecule has 0 unspecified atom stereocenters. The molecule has 3 aromatic rings. The van der Waals surface area contributed by atoms with Gasteiger partial charge in [0.25, 0.3) is 10.0 Å². The highest BCUT2D eigenvalue weighted by atomic mass is 35.5. The van der Waals surface area contributed by atoms with E-state index in [2.05, 4.69) is 0 Å². The molecule has 0 aromatic heterocycles. The van der Waals surface area contributed by atoms with Crippen LogP contribution in [0, 0.1) is 24.5 Å². The molecule has 0 spiro atoms. The second kappa shape index (κ2) is 9.47. The van der Waals surface area contributed by atoms with Gasteiger partial charge >= 0.3 is 5.97 Å². The highest BCUT2D eigenvalue weighted by Gasteiger charge is 2.36. The number of halogens is 3. The summed E-state index contributed by atoms with van der Waals surface area (Å²) in [5.74, 6) is -3.36. The number of hydrogen-bond donors (Lipinski definition) is 1. The maximum absolute atomic E-state index is 14.1. The fourth-order valence-corrected chi connectivity index (χ4v) is 5.82. The predicted octanol–water partition coefficient (Wildman–Crippen LogP) is 5.66. The first-order valence-corrected chi connectivity index (χ1v) is 12.6. The van der Waals surface area contributed by atoms with Crippen LogP contribution >= 0.6 is 11.6 Å². The molecule has 0 radical (unpaired) electrons. The minimum absolute atomic E-state index is 0.0515. The summed E-state index contributed by atoms with van der Waals surface area (Å²) in [6, 6.07) is 12.6. The van der Waals surface area contributed by atoms with Crippen molar-refractivity contribution in [3.05, 3.63) is 76.8 Å². The Bertz CT molecular complexity index is 1410. The highest BCUT2D eigenvalue weighted by molar-refractivity contribution is 7.92. The van der Waals surface area contributed by atoms with Gasteiger partial charge in [0, 0.05) is 11.6 Å². The summed E-state index contributed by atoms with van der Waals surface area (Å²) >= 11 is 6.07. The van der Waals surface area contributed by atoms with Crippen LogP contribution in [0.1, 0.15) is 18.9 Å². The standard InChI is InChI=1S/C25H22ClF2NO5S/c1-14-4-3-5-19(8-14)35(32,33)29-13-18(9-15(2)25(30)31)34-23-7-6-16(10-22(23)29)20-11-17(27)12-21(28)24(20)26/h3-8,10-12,15,18H,9,13H2,1-2H3,(H,30,31)/t15-,18-/m0/s1. The van der Waals surface area contributed by atoms with E-state index < -0.39 is 39.6 Å². The van der Waals surface area contributed by atoms with Gasteiger partial charge in [-0.15, -0.1) is 0 Å². The third-order valence-corrected chi connectivity index (χ3v) is 7.97. The van der Waals surface area contributed by atoms with Crippen molar-refractivity contribution in [1.82, 2.24) is 0 Å². The van der Waals surface area contributed by atoms with Crippen molar-refractivity contribution < 1.29 is 31.8 Å². The molecule has 3 aromatic carbocycles. The summed E-state index contributed by atoms with van der Waals surface area (Å²) in [6.45, 7) is 3.14. The van der Waals surface area contributed by atoms with Crippen LogP contribution < -0.4 is 9.04 Å². The van der Waals surface area contributed by atoms with Gasteiger partial charge in [0.05, 0.1) is 28.1 Å². The van der Waals surface area contributed by atoms with Gasteiger partial charge in [0.1, 0.15) is 23.5 Å². The van der Waals surface area contributed by atoms with Crippen LogP contribution in [0.25, 0.3) is 11.1 Å². The van der Waals surface area contributed by atoms with Crippen LogP contribution in [0.2, 0.25) is 5.02 Å². The molecule has 1 heterocycles. The number of benzene rings is 3. The lowest BCUT2D eigenvalue weighted by molar-refractivity contribution is -0.142. The summed E-state index contributed by atoms with van der Waals surface area (Å²) in [7, 11) is -4.09. The molecule has 0 fully saturated rings. The number of nitrogens with zero attached hydrogens (tertiary/aromatic N) is 1. The van der Waals surface area contributed by atoms with Gasteiger partial charge in [-0.3, -0.25) is 9.10 Å². The van der Waals surface area contributed by atoms with Crippen molar-refractivity contribution in [2.75, 3.05) is 10.8 Å². The minimum atomic E-state index is -4.09. The van der Waals surface area contributed by atoms with E-state index in [1.807, 2.05) is 0 Å². The maximum atomic E-state index is 14.1. The lowest BCUT2D eigenvalue weighted by atomic mass is 10.0. The van der Waals surface area contributed by atoms with E-state index in [4.69, 9.17) is 16.3 Å². The first-order valence-electron chi connectivity index (χ1n) is 10.7. The van der Waals surface area contributed by atoms with Crippen molar-refractivity contribution in [2.24, 2.45) is 5.92 Å². The van der Waals surface area contributed by atoms with Gasteiger partial charge in [-0.2, -0.15) is 0 Å². The van der Waals surface area contributed by atoms with Crippen molar-refractivity contribution >= 4 is 33.3 Å². The van der Waals surface area contributed by atoms with Crippen molar-refractivity contribution in [1.29, 1.82) is 0 Å². The lowest BCUT2D eigenvalue weighted by Crippen LogP contribution is -2.44. The Morgan fingerprint density at radius 3 is 2.63 bits per heavy atom. The number of sulfonamides is 1. The second-order valence-corrected chi connectivity index (χ2v) is 10.7. The van der Waals surface area contributed by atoms with Gasteiger partial charge in [-0.05, 0) is 54.8 Å². The van der Waals surface area contributed by atoms with Gasteiger partial charge in [0.2, 0.25) is 0 Å². The summed E-state index contributed by atoms with van der Waals surface area (Å²) in [5.41, 5.74) is 1.24. The van der Waals surface area contributed by atoms with Crippen molar-refractivity contribution in [2.45, 2.75) is 31.3 Å². The third kappa shape index (κ3) is 4.97. The predicted molar refractivity (Wildman–Crippen MR) is 128 cm³/mol. The quantitative estimate of drug-likeness (QED) is 0.423. The molecule has 4 rings (SSSR count). The highest BCUT2D eigenvalue weighted by Crippen LogP contribution is 2.42. The van der Waals surface area contributed by atoms with Gasteiger partial charge in [-0.1, -0.05) is 36.7 Å². The average Bonchev–Trinajstić information content (AvgIpc) is 2.80. The molecule has 1 aliphatic heterocycles. The fraction of sp³-hybridized carbons (Fsp3) is 0.240. The van der Waals surface area contributed by atoms with E-state index in [-0.39, 0.29) is 45.4 Å². The summed E-state index contributed by atoms with van der Waals surface area (Å²) in [4.78, 5) is 11.4. The fourth-order valence-electron chi connectivity index (χ4n) is 3.99. The van der Waals surface area contributed by atoms with Crippen molar-refractivity contribution in [3.63, 3.8) is 0 Å². The number of aryl methyl sites for hydroxylation is 1. The van der Waals surface area contributed by atoms with Gasteiger partial charge in [0.15, 0.2) is 0 Å². The topological polar surface area (TPSA) is 83.9 Å². The number of aliphatic carboxylic acids is 1. The average molecular weight is 522 g/mol. The Morgan fingerprint density at radius 1 is 1.20 bits per heavy atom. The van der Waals surface area contributed by atoms with Crippen LogP contribution in [0.5, 0.6) is 5.75 Å². The Balaban J connectivity index is 1.85.